The molecule has 1 aliphatic heterocycles. The Balaban J connectivity index is 1.96. The molecule has 0 bridgehead atoms. The molecule has 108 valence electrons. The van der Waals surface area contributed by atoms with Gasteiger partial charge < -0.3 is 10.6 Å². The van der Waals surface area contributed by atoms with Crippen molar-refractivity contribution < 1.29 is 14.0 Å². The highest BCUT2D eigenvalue weighted by molar-refractivity contribution is 6.07. The van der Waals surface area contributed by atoms with E-state index < -0.39 is 0 Å². The van der Waals surface area contributed by atoms with Gasteiger partial charge in [-0.25, -0.2) is 4.39 Å². The molecule has 2 N–H and O–H groups in total. The minimum Gasteiger partial charge on any atom is -0.369 e. The first-order chi connectivity index (χ1) is 10.1. The van der Waals surface area contributed by atoms with E-state index in [1.165, 1.54) is 12.1 Å². The molecule has 21 heavy (non-hydrogen) atoms. The molecular weight excluding hydrogens is 271 g/mol. The second-order valence-electron chi connectivity index (χ2n) is 5.28. The van der Waals surface area contributed by atoms with E-state index in [-0.39, 0.29) is 23.5 Å². The molecule has 0 aromatic heterocycles. The molecule has 2 aromatic carbocycles. The smallest absolute Gasteiger partial charge is 0.254 e. The normalized spacial score (nSPS) is 18.1. The van der Waals surface area contributed by atoms with Crippen LogP contribution in [0.3, 0.4) is 0 Å². The molecular formula is C16H15FN2O2. The van der Waals surface area contributed by atoms with Crippen LogP contribution in [0.2, 0.25) is 0 Å². The van der Waals surface area contributed by atoms with Gasteiger partial charge in [-0.2, -0.15) is 0 Å². The Morgan fingerprint density at radius 2 is 1.86 bits per heavy atom. The number of amides is 2. The molecule has 0 spiro atoms. The highest BCUT2D eigenvalue weighted by Gasteiger charge is 2.30. The van der Waals surface area contributed by atoms with Crippen molar-refractivity contribution in [1.82, 2.24) is 4.90 Å². The number of halogens is 1. The summed E-state index contributed by atoms with van der Waals surface area (Å²) in [4.78, 5) is 25.4. The van der Waals surface area contributed by atoms with E-state index >= 15 is 0 Å². The molecule has 1 fully saturated rings. The first-order valence-electron chi connectivity index (χ1n) is 6.84. The van der Waals surface area contributed by atoms with E-state index in [0.29, 0.717) is 35.8 Å². The maximum Gasteiger partial charge on any atom is 0.254 e. The number of primary amides is 1. The van der Waals surface area contributed by atoms with Crippen molar-refractivity contribution in [2.24, 2.45) is 11.7 Å². The second kappa shape index (κ2) is 5.16. The molecule has 1 saturated heterocycles. The van der Waals surface area contributed by atoms with Gasteiger partial charge in [0.2, 0.25) is 5.91 Å². The number of fused-ring (bicyclic) bond motifs is 1. The van der Waals surface area contributed by atoms with Crippen LogP contribution in [0, 0.1) is 11.7 Å². The zero-order valence-corrected chi connectivity index (χ0v) is 11.4. The lowest BCUT2D eigenvalue weighted by molar-refractivity contribution is -0.121. The van der Waals surface area contributed by atoms with Gasteiger partial charge in [0.25, 0.3) is 5.91 Å². The van der Waals surface area contributed by atoms with E-state index in [1.807, 2.05) is 0 Å². The van der Waals surface area contributed by atoms with Crippen molar-refractivity contribution in [2.75, 3.05) is 13.1 Å². The van der Waals surface area contributed by atoms with Gasteiger partial charge >= 0.3 is 0 Å². The number of hydrogen-bond donors (Lipinski definition) is 1. The van der Waals surface area contributed by atoms with Gasteiger partial charge in [0, 0.05) is 24.0 Å². The largest absolute Gasteiger partial charge is 0.369 e. The number of nitrogens with zero attached hydrogens (tertiary/aromatic N) is 1. The lowest BCUT2D eigenvalue weighted by atomic mass is 10.0. The maximum atomic E-state index is 13.8. The van der Waals surface area contributed by atoms with Gasteiger partial charge in [0.15, 0.2) is 0 Å². The Morgan fingerprint density at radius 1 is 1.14 bits per heavy atom. The third-order valence-corrected chi connectivity index (χ3v) is 3.98. The third kappa shape index (κ3) is 2.35. The molecule has 1 atom stereocenters. The summed E-state index contributed by atoms with van der Waals surface area (Å²) in [6.07, 6.45) is 0.584. The topological polar surface area (TPSA) is 63.4 Å². The lowest BCUT2D eigenvalue weighted by Crippen LogP contribution is -2.31. The van der Waals surface area contributed by atoms with Crippen LogP contribution in [0.1, 0.15) is 16.8 Å². The first kappa shape index (κ1) is 13.5. The van der Waals surface area contributed by atoms with Crippen LogP contribution in [-0.4, -0.2) is 29.8 Å². The van der Waals surface area contributed by atoms with E-state index in [4.69, 9.17) is 5.73 Å². The van der Waals surface area contributed by atoms with Crippen LogP contribution >= 0.6 is 0 Å². The van der Waals surface area contributed by atoms with Crippen molar-refractivity contribution in [3.63, 3.8) is 0 Å². The van der Waals surface area contributed by atoms with Crippen LogP contribution in [0.4, 0.5) is 4.39 Å². The lowest BCUT2D eigenvalue weighted by Gasteiger charge is -2.17. The van der Waals surface area contributed by atoms with Crippen molar-refractivity contribution in [2.45, 2.75) is 6.42 Å². The van der Waals surface area contributed by atoms with Crippen LogP contribution in [-0.2, 0) is 4.79 Å². The minimum atomic E-state index is -0.380. The zero-order valence-electron chi connectivity index (χ0n) is 11.4. The van der Waals surface area contributed by atoms with Gasteiger partial charge in [0.1, 0.15) is 5.82 Å². The Kier molecular flexibility index (Phi) is 3.33. The molecule has 1 heterocycles. The average Bonchev–Trinajstić information content (AvgIpc) is 2.97. The Bertz CT molecular complexity index is 729. The quantitative estimate of drug-likeness (QED) is 0.916. The SMILES string of the molecule is NC(=O)C1CCN(C(=O)c2ccc(F)c3ccccc23)C1. The molecule has 0 saturated carbocycles. The highest BCUT2D eigenvalue weighted by atomic mass is 19.1. The summed E-state index contributed by atoms with van der Waals surface area (Å²) in [5, 5.41) is 1.01. The van der Waals surface area contributed by atoms with Crippen molar-refractivity contribution in [3.05, 3.63) is 47.8 Å². The van der Waals surface area contributed by atoms with Gasteiger partial charge in [-0.15, -0.1) is 0 Å². The van der Waals surface area contributed by atoms with E-state index in [9.17, 15) is 14.0 Å². The average molecular weight is 286 g/mol. The van der Waals surface area contributed by atoms with E-state index in [0.717, 1.165) is 0 Å². The number of hydrogen-bond acceptors (Lipinski definition) is 2. The first-order valence-corrected chi connectivity index (χ1v) is 6.84. The monoisotopic (exact) mass is 286 g/mol. The fourth-order valence-corrected chi connectivity index (χ4v) is 2.80. The summed E-state index contributed by atoms with van der Waals surface area (Å²) >= 11 is 0. The molecule has 0 aliphatic carbocycles. The minimum absolute atomic E-state index is 0.185. The number of nitrogens with two attached hydrogens (primary N) is 1. The second-order valence-corrected chi connectivity index (χ2v) is 5.28. The Hall–Kier alpha value is -2.43. The highest BCUT2D eigenvalue weighted by Crippen LogP contribution is 2.25. The number of rotatable bonds is 2. The van der Waals surface area contributed by atoms with Gasteiger partial charge in [-0.1, -0.05) is 24.3 Å². The zero-order chi connectivity index (χ0) is 15.0. The fourth-order valence-electron chi connectivity index (χ4n) is 2.80. The molecule has 2 aromatic rings. The van der Waals surface area contributed by atoms with Gasteiger partial charge in [0.05, 0.1) is 5.92 Å². The number of carbonyl (C=O) groups is 2. The van der Waals surface area contributed by atoms with Crippen LogP contribution in [0.5, 0.6) is 0 Å². The maximum absolute atomic E-state index is 13.8. The van der Waals surface area contributed by atoms with Gasteiger partial charge in [-0.05, 0) is 23.9 Å². The summed E-state index contributed by atoms with van der Waals surface area (Å²) in [6, 6.07) is 9.69. The van der Waals surface area contributed by atoms with Crippen LogP contribution in [0.15, 0.2) is 36.4 Å². The molecule has 3 rings (SSSR count). The number of carbonyl (C=O) groups excluding carboxylic acids is 2. The molecule has 2 amide bonds. The predicted molar refractivity (Wildman–Crippen MR) is 77.1 cm³/mol. The van der Waals surface area contributed by atoms with Crippen molar-refractivity contribution in [1.29, 1.82) is 0 Å². The van der Waals surface area contributed by atoms with E-state index in [2.05, 4.69) is 0 Å². The molecule has 1 unspecified atom stereocenters. The van der Waals surface area contributed by atoms with Crippen molar-refractivity contribution >= 4 is 22.6 Å². The summed E-state index contributed by atoms with van der Waals surface area (Å²) in [6.45, 7) is 0.831. The number of likely N-dealkylation sites (tertiary alicyclic amines) is 1. The number of benzene rings is 2. The molecule has 4 nitrogen and oxygen atoms in total. The van der Waals surface area contributed by atoms with E-state index in [1.54, 1.807) is 29.2 Å². The summed E-state index contributed by atoms with van der Waals surface area (Å²) in [5.74, 6) is -1.21. The van der Waals surface area contributed by atoms with Crippen LogP contribution in [0.25, 0.3) is 10.8 Å². The fraction of sp³-hybridized carbons (Fsp3) is 0.250. The molecule has 1 aliphatic rings. The summed E-state index contributed by atoms with van der Waals surface area (Å²) in [5.41, 5.74) is 5.74. The summed E-state index contributed by atoms with van der Waals surface area (Å²) in [7, 11) is 0. The standard InChI is InChI=1S/C16H15FN2O2/c17-14-6-5-13(11-3-1-2-4-12(11)14)16(21)19-8-7-10(9-19)15(18)20/h1-6,10H,7-9H2,(H2,18,20). The predicted octanol–water partition coefficient (Wildman–Crippen LogP) is 1.93. The third-order valence-electron chi connectivity index (χ3n) is 3.98. The Labute approximate surface area is 121 Å². The Morgan fingerprint density at radius 3 is 2.52 bits per heavy atom. The van der Waals surface area contributed by atoms with Crippen LogP contribution < -0.4 is 5.73 Å². The van der Waals surface area contributed by atoms with Gasteiger partial charge in [-0.3, -0.25) is 9.59 Å². The molecule has 0 radical (unpaired) electrons. The van der Waals surface area contributed by atoms with Crippen molar-refractivity contribution in [3.8, 4) is 0 Å². The summed E-state index contributed by atoms with van der Waals surface area (Å²) < 4.78 is 13.8. The molecule has 5 heteroatoms.